The Bertz CT molecular complexity index is 556. The van der Waals surface area contributed by atoms with Crippen LogP contribution < -0.4 is 9.47 Å². The number of hydrogen-bond acceptors (Lipinski definition) is 2. The van der Waals surface area contributed by atoms with E-state index in [1.165, 1.54) is 18.4 Å². The van der Waals surface area contributed by atoms with Crippen molar-refractivity contribution in [3.8, 4) is 17.2 Å². The van der Waals surface area contributed by atoms with E-state index in [2.05, 4.69) is 26.0 Å². The highest BCUT2D eigenvalue weighted by molar-refractivity contribution is 5.37. The molecule has 0 radical (unpaired) electrons. The molecule has 2 aromatic carbocycles. The van der Waals surface area contributed by atoms with E-state index in [1.54, 1.807) is 0 Å². The van der Waals surface area contributed by atoms with Crippen LogP contribution in [-0.2, 0) is 6.42 Å². The van der Waals surface area contributed by atoms with Gasteiger partial charge in [0, 0.05) is 6.07 Å². The lowest BCUT2D eigenvalue weighted by atomic mass is 9.95. The summed E-state index contributed by atoms with van der Waals surface area (Å²) in [7, 11) is 0. The highest BCUT2D eigenvalue weighted by atomic mass is 16.5. The van der Waals surface area contributed by atoms with Crippen LogP contribution in [0.2, 0.25) is 0 Å². The van der Waals surface area contributed by atoms with Gasteiger partial charge in [-0.25, -0.2) is 0 Å². The van der Waals surface area contributed by atoms with Crippen molar-refractivity contribution in [3.05, 3.63) is 54.1 Å². The molecule has 118 valence electrons. The van der Waals surface area contributed by atoms with Crippen LogP contribution in [0.15, 0.2) is 48.5 Å². The molecule has 0 aliphatic rings. The summed E-state index contributed by atoms with van der Waals surface area (Å²) in [4.78, 5) is 0. The molecule has 2 nitrogen and oxygen atoms in total. The van der Waals surface area contributed by atoms with Crippen LogP contribution in [0.5, 0.6) is 17.2 Å². The Kier molecular flexibility index (Phi) is 6.32. The fourth-order valence-corrected chi connectivity index (χ4v) is 2.53. The second kappa shape index (κ2) is 8.47. The zero-order chi connectivity index (χ0) is 15.8. The fraction of sp³-hybridized carbons (Fsp3) is 0.400. The summed E-state index contributed by atoms with van der Waals surface area (Å²) in [5.41, 5.74) is 1.38. The molecule has 0 fully saturated rings. The average Bonchev–Trinajstić information content (AvgIpc) is 2.55. The van der Waals surface area contributed by atoms with Crippen molar-refractivity contribution in [1.82, 2.24) is 0 Å². The molecule has 2 rings (SSSR count). The lowest BCUT2D eigenvalue weighted by molar-refractivity contribution is 0.338. The van der Waals surface area contributed by atoms with Gasteiger partial charge in [0.1, 0.15) is 17.2 Å². The third kappa shape index (κ3) is 4.80. The Morgan fingerprint density at radius 1 is 0.818 bits per heavy atom. The van der Waals surface area contributed by atoms with Crippen molar-refractivity contribution in [2.75, 3.05) is 6.61 Å². The molecule has 0 saturated heterocycles. The topological polar surface area (TPSA) is 18.5 Å². The third-order valence-corrected chi connectivity index (χ3v) is 3.95. The maximum atomic E-state index is 5.90. The van der Waals surface area contributed by atoms with Crippen LogP contribution in [-0.4, -0.2) is 6.61 Å². The van der Waals surface area contributed by atoms with Gasteiger partial charge in [0.15, 0.2) is 0 Å². The molecule has 0 aliphatic heterocycles. The molecule has 0 aromatic heterocycles. The number of benzene rings is 2. The van der Waals surface area contributed by atoms with Crippen molar-refractivity contribution in [2.45, 2.75) is 40.0 Å². The highest BCUT2D eigenvalue weighted by Crippen LogP contribution is 2.26. The van der Waals surface area contributed by atoms with Crippen LogP contribution in [0.3, 0.4) is 0 Å². The standard InChI is InChI=1S/C20H26O2/c1-4-16(5-2)14-17-10-12-18(13-11-17)22-20-9-7-8-19(15-20)21-6-3/h7-13,15-16H,4-6,14H2,1-3H3. The van der Waals surface area contributed by atoms with Gasteiger partial charge in [0.25, 0.3) is 0 Å². The summed E-state index contributed by atoms with van der Waals surface area (Å²) >= 11 is 0. The van der Waals surface area contributed by atoms with Gasteiger partial charge < -0.3 is 9.47 Å². The van der Waals surface area contributed by atoms with E-state index in [4.69, 9.17) is 9.47 Å². The molecule has 0 unspecified atom stereocenters. The molecule has 0 saturated carbocycles. The molecule has 0 amide bonds. The second-order valence-corrected chi connectivity index (χ2v) is 5.54. The second-order valence-electron chi connectivity index (χ2n) is 5.54. The third-order valence-electron chi connectivity index (χ3n) is 3.95. The van der Waals surface area contributed by atoms with Crippen LogP contribution >= 0.6 is 0 Å². The van der Waals surface area contributed by atoms with Gasteiger partial charge in [0.05, 0.1) is 6.61 Å². The first-order valence-corrected chi connectivity index (χ1v) is 8.24. The molecule has 0 bridgehead atoms. The van der Waals surface area contributed by atoms with E-state index < -0.39 is 0 Å². The predicted molar refractivity (Wildman–Crippen MR) is 91.9 cm³/mol. The van der Waals surface area contributed by atoms with E-state index in [9.17, 15) is 0 Å². The first-order valence-electron chi connectivity index (χ1n) is 8.24. The maximum Gasteiger partial charge on any atom is 0.131 e. The summed E-state index contributed by atoms with van der Waals surface area (Å²) < 4.78 is 11.4. The van der Waals surface area contributed by atoms with E-state index in [-0.39, 0.29) is 0 Å². The Morgan fingerprint density at radius 3 is 2.14 bits per heavy atom. The first kappa shape index (κ1) is 16.4. The van der Waals surface area contributed by atoms with Crippen molar-refractivity contribution >= 4 is 0 Å². The number of rotatable bonds is 8. The minimum atomic E-state index is 0.661. The number of hydrogen-bond donors (Lipinski definition) is 0. The normalized spacial score (nSPS) is 10.7. The predicted octanol–water partition coefficient (Wildman–Crippen LogP) is 5.86. The molecule has 0 heterocycles. The molecule has 2 aromatic rings. The van der Waals surface area contributed by atoms with Gasteiger partial charge in [-0.1, -0.05) is 44.9 Å². The van der Waals surface area contributed by atoms with Crippen molar-refractivity contribution in [3.63, 3.8) is 0 Å². The summed E-state index contributed by atoms with van der Waals surface area (Å²) in [6.07, 6.45) is 3.62. The van der Waals surface area contributed by atoms with Gasteiger partial charge in [0.2, 0.25) is 0 Å². The largest absolute Gasteiger partial charge is 0.494 e. The lowest BCUT2D eigenvalue weighted by Gasteiger charge is -2.13. The Balaban J connectivity index is 2.00. The molecule has 0 aliphatic carbocycles. The number of ether oxygens (including phenoxy) is 2. The summed E-state index contributed by atoms with van der Waals surface area (Å²) in [6, 6.07) is 16.2. The summed E-state index contributed by atoms with van der Waals surface area (Å²) in [5.74, 6) is 3.28. The van der Waals surface area contributed by atoms with Crippen LogP contribution in [0.1, 0.15) is 39.2 Å². The SMILES string of the molecule is CCOc1cccc(Oc2ccc(CC(CC)CC)cc2)c1. The molecular weight excluding hydrogens is 272 g/mol. The van der Waals surface area contributed by atoms with Crippen molar-refractivity contribution in [1.29, 1.82) is 0 Å². The van der Waals surface area contributed by atoms with E-state index >= 15 is 0 Å². The molecule has 0 atom stereocenters. The average molecular weight is 298 g/mol. The Hall–Kier alpha value is -1.96. The lowest BCUT2D eigenvalue weighted by Crippen LogP contribution is -2.01. The monoisotopic (exact) mass is 298 g/mol. The Morgan fingerprint density at radius 2 is 1.50 bits per heavy atom. The summed E-state index contributed by atoms with van der Waals surface area (Å²) in [6.45, 7) is 7.16. The van der Waals surface area contributed by atoms with Crippen LogP contribution in [0.4, 0.5) is 0 Å². The van der Waals surface area contributed by atoms with Gasteiger partial charge in [-0.15, -0.1) is 0 Å². The minimum Gasteiger partial charge on any atom is -0.494 e. The molecule has 22 heavy (non-hydrogen) atoms. The van der Waals surface area contributed by atoms with E-state index in [0.717, 1.165) is 29.6 Å². The van der Waals surface area contributed by atoms with Crippen LogP contribution in [0.25, 0.3) is 0 Å². The minimum absolute atomic E-state index is 0.661. The highest BCUT2D eigenvalue weighted by Gasteiger charge is 2.05. The van der Waals surface area contributed by atoms with Crippen LogP contribution in [0, 0.1) is 5.92 Å². The smallest absolute Gasteiger partial charge is 0.131 e. The molecular formula is C20H26O2. The van der Waals surface area contributed by atoms with Gasteiger partial charge in [-0.2, -0.15) is 0 Å². The fourth-order valence-electron chi connectivity index (χ4n) is 2.53. The summed E-state index contributed by atoms with van der Waals surface area (Å²) in [5, 5.41) is 0. The zero-order valence-electron chi connectivity index (χ0n) is 13.8. The van der Waals surface area contributed by atoms with Gasteiger partial charge in [-0.05, 0) is 49.1 Å². The molecule has 0 N–H and O–H groups in total. The van der Waals surface area contributed by atoms with Gasteiger partial charge in [-0.3, -0.25) is 0 Å². The molecule has 2 heteroatoms. The van der Waals surface area contributed by atoms with Crippen molar-refractivity contribution in [2.24, 2.45) is 5.92 Å². The maximum absolute atomic E-state index is 5.90. The Labute approximate surface area is 134 Å². The zero-order valence-corrected chi connectivity index (χ0v) is 13.8. The van der Waals surface area contributed by atoms with Gasteiger partial charge >= 0.3 is 0 Å². The molecule has 0 spiro atoms. The van der Waals surface area contributed by atoms with Crippen molar-refractivity contribution < 1.29 is 9.47 Å². The van der Waals surface area contributed by atoms with E-state index in [1.807, 2.05) is 43.3 Å². The first-order chi connectivity index (χ1) is 10.7. The van der Waals surface area contributed by atoms with E-state index in [0.29, 0.717) is 6.61 Å². The quantitative estimate of drug-likeness (QED) is 0.608.